The van der Waals surface area contributed by atoms with Gasteiger partial charge in [-0.2, -0.15) is 15.5 Å². The summed E-state index contributed by atoms with van der Waals surface area (Å²) in [7, 11) is 1.48. The van der Waals surface area contributed by atoms with Gasteiger partial charge < -0.3 is 15.8 Å². The van der Waals surface area contributed by atoms with Crippen molar-refractivity contribution < 1.29 is 4.74 Å². The quantitative estimate of drug-likeness (QED) is 0.880. The number of nitrogen functional groups attached to an aromatic ring is 1. The third-order valence-electron chi connectivity index (χ3n) is 2.62. The Kier molecular flexibility index (Phi) is 3.69. The summed E-state index contributed by atoms with van der Waals surface area (Å²) in [5.41, 5.74) is 7.42. The minimum atomic E-state index is 0.305. The molecule has 0 spiro atoms. The highest BCUT2D eigenvalue weighted by atomic mass is 16.5. The van der Waals surface area contributed by atoms with Crippen LogP contribution in [0.2, 0.25) is 0 Å². The van der Waals surface area contributed by atoms with Gasteiger partial charge in [0.2, 0.25) is 5.88 Å². The molecule has 0 atom stereocenters. The molecule has 0 radical (unpaired) electrons. The minimum absolute atomic E-state index is 0.305. The third kappa shape index (κ3) is 2.60. The van der Waals surface area contributed by atoms with Crippen LogP contribution in [-0.4, -0.2) is 12.1 Å². The van der Waals surface area contributed by atoms with Crippen molar-refractivity contribution in [2.75, 3.05) is 18.2 Å². The van der Waals surface area contributed by atoms with Crippen molar-refractivity contribution in [3.63, 3.8) is 0 Å². The number of pyridine rings is 1. The van der Waals surface area contributed by atoms with E-state index in [4.69, 9.17) is 21.0 Å². The summed E-state index contributed by atoms with van der Waals surface area (Å²) < 4.78 is 5.03. The zero-order valence-corrected chi connectivity index (χ0v) is 10.7. The van der Waals surface area contributed by atoms with Gasteiger partial charge in [0.1, 0.15) is 18.0 Å². The summed E-state index contributed by atoms with van der Waals surface area (Å²) in [6.45, 7) is 0. The molecular formula is C14H11N5O. The van der Waals surface area contributed by atoms with Crippen LogP contribution in [0.15, 0.2) is 30.3 Å². The van der Waals surface area contributed by atoms with E-state index in [-0.39, 0.29) is 0 Å². The number of nitriles is 2. The molecule has 1 heterocycles. The molecule has 1 aromatic heterocycles. The Morgan fingerprint density at radius 1 is 1.15 bits per heavy atom. The number of hydrogen-bond donors (Lipinski definition) is 2. The molecule has 98 valence electrons. The van der Waals surface area contributed by atoms with Gasteiger partial charge in [0, 0.05) is 5.69 Å². The normalized spacial score (nSPS) is 9.35. The molecule has 0 saturated heterocycles. The summed E-state index contributed by atoms with van der Waals surface area (Å²) in [4.78, 5) is 4.18. The van der Waals surface area contributed by atoms with Crippen molar-refractivity contribution >= 4 is 17.2 Å². The summed E-state index contributed by atoms with van der Waals surface area (Å²) in [5.74, 6) is 0.855. The van der Waals surface area contributed by atoms with Crippen LogP contribution in [0.1, 0.15) is 11.1 Å². The number of nitrogens with two attached hydrogens (primary N) is 1. The Balaban J connectivity index is 2.31. The number of ether oxygens (including phenoxy) is 1. The van der Waals surface area contributed by atoms with E-state index >= 15 is 0 Å². The molecular weight excluding hydrogens is 254 g/mol. The van der Waals surface area contributed by atoms with Crippen LogP contribution >= 0.6 is 0 Å². The Bertz CT molecular complexity index is 727. The third-order valence-corrected chi connectivity index (χ3v) is 2.62. The van der Waals surface area contributed by atoms with Crippen molar-refractivity contribution in [1.29, 1.82) is 10.5 Å². The predicted molar refractivity (Wildman–Crippen MR) is 74.4 cm³/mol. The molecule has 0 unspecified atom stereocenters. The zero-order chi connectivity index (χ0) is 14.5. The van der Waals surface area contributed by atoms with Crippen LogP contribution in [0.25, 0.3) is 0 Å². The van der Waals surface area contributed by atoms with Crippen molar-refractivity contribution in [3.05, 3.63) is 41.5 Å². The Morgan fingerprint density at radius 2 is 1.90 bits per heavy atom. The highest BCUT2D eigenvalue weighted by Crippen LogP contribution is 2.23. The van der Waals surface area contributed by atoms with Crippen LogP contribution in [0.5, 0.6) is 5.88 Å². The monoisotopic (exact) mass is 265 g/mol. The second-order valence-corrected chi connectivity index (χ2v) is 3.90. The first-order valence-corrected chi connectivity index (χ1v) is 5.69. The molecule has 0 aliphatic heterocycles. The van der Waals surface area contributed by atoms with Crippen LogP contribution in [0, 0.1) is 22.7 Å². The van der Waals surface area contributed by atoms with Crippen LogP contribution in [0.3, 0.4) is 0 Å². The van der Waals surface area contributed by atoms with Gasteiger partial charge in [-0.15, -0.1) is 0 Å². The van der Waals surface area contributed by atoms with E-state index in [1.54, 1.807) is 30.3 Å². The van der Waals surface area contributed by atoms with Crippen molar-refractivity contribution in [2.45, 2.75) is 0 Å². The van der Waals surface area contributed by atoms with Gasteiger partial charge in [0.05, 0.1) is 23.9 Å². The molecule has 2 aromatic rings. The van der Waals surface area contributed by atoms with Gasteiger partial charge in [0.25, 0.3) is 0 Å². The molecule has 3 N–H and O–H groups in total. The van der Waals surface area contributed by atoms with E-state index < -0.39 is 0 Å². The van der Waals surface area contributed by atoms with Crippen LogP contribution in [-0.2, 0) is 0 Å². The van der Waals surface area contributed by atoms with E-state index in [1.807, 2.05) is 12.1 Å². The fourth-order valence-corrected chi connectivity index (χ4v) is 1.64. The van der Waals surface area contributed by atoms with Crippen molar-refractivity contribution in [3.8, 4) is 18.0 Å². The Labute approximate surface area is 116 Å². The second-order valence-electron chi connectivity index (χ2n) is 3.90. The summed E-state index contributed by atoms with van der Waals surface area (Å²) >= 11 is 0. The lowest BCUT2D eigenvalue weighted by atomic mass is 10.1. The highest BCUT2D eigenvalue weighted by Gasteiger charge is 2.06. The van der Waals surface area contributed by atoms with Gasteiger partial charge in [-0.05, 0) is 30.3 Å². The van der Waals surface area contributed by atoms with Gasteiger partial charge in [-0.25, -0.2) is 0 Å². The molecule has 0 amide bonds. The topological polar surface area (TPSA) is 108 Å². The molecule has 0 fully saturated rings. The maximum atomic E-state index is 8.98. The van der Waals surface area contributed by atoms with Crippen molar-refractivity contribution in [2.24, 2.45) is 0 Å². The van der Waals surface area contributed by atoms with E-state index in [9.17, 15) is 0 Å². The highest BCUT2D eigenvalue weighted by molar-refractivity contribution is 5.64. The number of aromatic nitrogens is 1. The van der Waals surface area contributed by atoms with Crippen molar-refractivity contribution in [1.82, 2.24) is 4.98 Å². The van der Waals surface area contributed by atoms with Crippen LogP contribution in [0.4, 0.5) is 17.2 Å². The van der Waals surface area contributed by atoms with E-state index in [0.29, 0.717) is 34.2 Å². The van der Waals surface area contributed by atoms with Gasteiger partial charge in [-0.3, -0.25) is 0 Å². The predicted octanol–water partition coefficient (Wildman–Crippen LogP) is 2.16. The Hall–Kier alpha value is -3.25. The standard InChI is InChI=1S/C14H11N5O/c1-20-14-12(17)4-5-13(19-14)18-11-3-2-9(7-15)10(6-11)8-16/h2-6H,17H2,1H3,(H,18,19). The number of rotatable bonds is 3. The van der Waals surface area contributed by atoms with Gasteiger partial charge >= 0.3 is 0 Å². The van der Waals surface area contributed by atoms with Gasteiger partial charge in [0.15, 0.2) is 0 Å². The number of nitrogens with zero attached hydrogens (tertiary/aromatic N) is 3. The molecule has 6 nitrogen and oxygen atoms in total. The van der Waals surface area contributed by atoms with E-state index in [2.05, 4.69) is 10.3 Å². The number of anilines is 3. The maximum absolute atomic E-state index is 8.98. The fraction of sp³-hybridized carbons (Fsp3) is 0.0714. The first kappa shape index (κ1) is 13.2. The number of methoxy groups -OCH3 is 1. The molecule has 2 rings (SSSR count). The summed E-state index contributed by atoms with van der Waals surface area (Å²) in [6, 6.07) is 12.2. The molecule has 0 saturated carbocycles. The SMILES string of the molecule is COc1nc(Nc2ccc(C#N)c(C#N)c2)ccc1N. The first-order valence-electron chi connectivity index (χ1n) is 5.69. The first-order chi connectivity index (χ1) is 9.67. The lowest BCUT2D eigenvalue weighted by Gasteiger charge is -2.09. The molecule has 20 heavy (non-hydrogen) atoms. The average Bonchev–Trinajstić information content (AvgIpc) is 2.49. The molecule has 1 aromatic carbocycles. The average molecular weight is 265 g/mol. The fourth-order valence-electron chi connectivity index (χ4n) is 1.64. The smallest absolute Gasteiger partial charge is 0.238 e. The number of nitrogens with one attached hydrogen (secondary N) is 1. The lowest BCUT2D eigenvalue weighted by molar-refractivity contribution is 0.401. The van der Waals surface area contributed by atoms with Crippen LogP contribution < -0.4 is 15.8 Å². The number of benzene rings is 1. The largest absolute Gasteiger partial charge is 0.479 e. The molecule has 0 aliphatic carbocycles. The molecule has 0 bridgehead atoms. The van der Waals surface area contributed by atoms with E-state index in [0.717, 1.165) is 0 Å². The lowest BCUT2D eigenvalue weighted by Crippen LogP contribution is -1.99. The maximum Gasteiger partial charge on any atom is 0.238 e. The Morgan fingerprint density at radius 3 is 2.55 bits per heavy atom. The minimum Gasteiger partial charge on any atom is -0.479 e. The number of hydrogen-bond acceptors (Lipinski definition) is 6. The molecule has 0 aliphatic rings. The second kappa shape index (κ2) is 5.59. The zero-order valence-electron chi connectivity index (χ0n) is 10.7. The summed E-state index contributed by atoms with van der Waals surface area (Å²) in [5, 5.41) is 20.9. The van der Waals surface area contributed by atoms with E-state index in [1.165, 1.54) is 7.11 Å². The molecule has 6 heteroatoms. The summed E-state index contributed by atoms with van der Waals surface area (Å²) in [6.07, 6.45) is 0. The van der Waals surface area contributed by atoms with Gasteiger partial charge in [-0.1, -0.05) is 0 Å².